The molecule has 0 heterocycles. The number of nitrogens with one attached hydrogen (secondary N) is 1. The first-order valence-corrected chi connectivity index (χ1v) is 12.0. The fourth-order valence-electron chi connectivity index (χ4n) is 3.30. The molecule has 0 saturated heterocycles. The van der Waals surface area contributed by atoms with E-state index in [9.17, 15) is 18.0 Å². The molecule has 0 bridgehead atoms. The van der Waals surface area contributed by atoms with Gasteiger partial charge in [-0.05, 0) is 55.7 Å². The molecule has 0 fully saturated rings. The second kappa shape index (κ2) is 10.5. The number of nitrogens with zero attached hydrogens (tertiary/aromatic N) is 2. The van der Waals surface area contributed by atoms with Crippen molar-refractivity contribution >= 4 is 27.5 Å². The monoisotopic (exact) mass is 461 g/mol. The summed E-state index contributed by atoms with van der Waals surface area (Å²) in [5.74, 6) is -0.156. The minimum atomic E-state index is -3.75. The van der Waals surface area contributed by atoms with Crippen LogP contribution < -0.4 is 14.4 Å². The number of carbonyl (C=O) groups excluding carboxylic acids is 2. The van der Waals surface area contributed by atoms with Crippen molar-refractivity contribution in [2.75, 3.05) is 31.3 Å². The van der Waals surface area contributed by atoms with Gasteiger partial charge in [-0.15, -0.1) is 0 Å². The average Bonchev–Trinajstić information content (AvgIpc) is 2.76. The molecule has 32 heavy (non-hydrogen) atoms. The smallest absolute Gasteiger partial charge is 0.244 e. The normalized spacial score (nSPS) is 12.1. The van der Waals surface area contributed by atoms with Crippen LogP contribution in [0, 0.1) is 13.8 Å². The predicted octanol–water partition coefficient (Wildman–Crippen LogP) is 2.24. The van der Waals surface area contributed by atoms with Crippen LogP contribution in [0.3, 0.4) is 0 Å². The summed E-state index contributed by atoms with van der Waals surface area (Å²) in [6.07, 6.45) is 1.07. The van der Waals surface area contributed by atoms with Crippen LogP contribution in [0.15, 0.2) is 42.5 Å². The average molecular weight is 462 g/mol. The van der Waals surface area contributed by atoms with Gasteiger partial charge in [0.2, 0.25) is 21.8 Å². The van der Waals surface area contributed by atoms with Gasteiger partial charge in [-0.25, -0.2) is 8.42 Å². The summed E-state index contributed by atoms with van der Waals surface area (Å²) < 4.78 is 31.5. The Kier molecular flexibility index (Phi) is 8.26. The third-order valence-corrected chi connectivity index (χ3v) is 6.36. The van der Waals surface area contributed by atoms with Crippen molar-refractivity contribution in [3.63, 3.8) is 0 Å². The number of rotatable bonds is 9. The molecule has 1 atom stereocenters. The number of aryl methyl sites for hydroxylation is 2. The Morgan fingerprint density at radius 3 is 2.25 bits per heavy atom. The molecule has 9 heteroatoms. The number of likely N-dealkylation sites (N-methyl/N-ethyl adjacent to an activating group) is 1. The van der Waals surface area contributed by atoms with Gasteiger partial charge < -0.3 is 15.0 Å². The van der Waals surface area contributed by atoms with Crippen molar-refractivity contribution in [2.24, 2.45) is 0 Å². The molecule has 1 N–H and O–H groups in total. The third-order valence-electron chi connectivity index (χ3n) is 5.24. The number of hydrogen-bond donors (Lipinski definition) is 1. The van der Waals surface area contributed by atoms with E-state index in [1.807, 2.05) is 19.1 Å². The van der Waals surface area contributed by atoms with Crippen molar-refractivity contribution in [1.82, 2.24) is 10.2 Å². The number of ether oxygens (including phenoxy) is 1. The van der Waals surface area contributed by atoms with E-state index in [1.54, 1.807) is 51.3 Å². The molecule has 0 aromatic heterocycles. The van der Waals surface area contributed by atoms with E-state index in [0.29, 0.717) is 11.4 Å². The highest BCUT2D eigenvalue weighted by Gasteiger charge is 2.30. The van der Waals surface area contributed by atoms with E-state index < -0.39 is 28.5 Å². The zero-order valence-electron chi connectivity index (χ0n) is 19.4. The first-order valence-electron chi connectivity index (χ1n) is 10.2. The van der Waals surface area contributed by atoms with Gasteiger partial charge >= 0.3 is 0 Å². The van der Waals surface area contributed by atoms with Gasteiger partial charge in [0.25, 0.3) is 0 Å². The van der Waals surface area contributed by atoms with E-state index in [1.165, 1.54) is 11.9 Å². The van der Waals surface area contributed by atoms with Crippen LogP contribution in [0.5, 0.6) is 5.75 Å². The van der Waals surface area contributed by atoms with Crippen LogP contribution in [0.1, 0.15) is 23.6 Å². The molecule has 0 aliphatic carbocycles. The number of methoxy groups -OCH3 is 1. The van der Waals surface area contributed by atoms with Gasteiger partial charge in [-0.1, -0.05) is 24.3 Å². The molecular formula is C23H31N3O5S. The molecule has 0 spiro atoms. The van der Waals surface area contributed by atoms with E-state index in [0.717, 1.165) is 27.3 Å². The minimum Gasteiger partial charge on any atom is -0.497 e. The quantitative estimate of drug-likeness (QED) is 0.618. The largest absolute Gasteiger partial charge is 0.497 e. The summed E-state index contributed by atoms with van der Waals surface area (Å²) in [7, 11) is -0.696. The second-order valence-electron chi connectivity index (χ2n) is 7.72. The lowest BCUT2D eigenvalue weighted by atomic mass is 10.1. The maximum Gasteiger partial charge on any atom is 0.244 e. The van der Waals surface area contributed by atoms with Crippen molar-refractivity contribution < 1.29 is 22.7 Å². The maximum atomic E-state index is 13.4. The zero-order chi connectivity index (χ0) is 24.1. The standard InChI is InChI=1S/C23H31N3O5S/c1-16-7-8-17(2)21(13-16)26(32(6,29)30)15-22(27)25(18(3)23(28)24-4)14-19-9-11-20(31-5)12-10-19/h7-13,18H,14-15H2,1-6H3,(H,24,28). The fraction of sp³-hybridized carbons (Fsp3) is 0.391. The lowest BCUT2D eigenvalue weighted by Gasteiger charge is -2.31. The molecular weight excluding hydrogens is 430 g/mol. The fourth-order valence-corrected chi connectivity index (χ4v) is 4.20. The first kappa shape index (κ1) is 25.2. The Labute approximate surface area is 190 Å². The highest BCUT2D eigenvalue weighted by Crippen LogP contribution is 2.24. The van der Waals surface area contributed by atoms with Gasteiger partial charge in [0.1, 0.15) is 18.3 Å². The molecule has 2 aromatic carbocycles. The lowest BCUT2D eigenvalue weighted by Crippen LogP contribution is -2.50. The van der Waals surface area contributed by atoms with Crippen LogP contribution in [-0.2, 0) is 26.2 Å². The SMILES string of the molecule is CNC(=O)C(C)N(Cc1ccc(OC)cc1)C(=O)CN(c1cc(C)ccc1C)S(C)(=O)=O. The van der Waals surface area contributed by atoms with Gasteiger partial charge in [0.05, 0.1) is 19.1 Å². The molecule has 2 amide bonds. The van der Waals surface area contributed by atoms with Crippen molar-refractivity contribution in [3.05, 3.63) is 59.2 Å². The summed E-state index contributed by atoms with van der Waals surface area (Å²) in [6.45, 7) is 4.99. The Morgan fingerprint density at radius 1 is 1.09 bits per heavy atom. The molecule has 0 aliphatic rings. The van der Waals surface area contributed by atoms with Crippen LogP contribution in [0.25, 0.3) is 0 Å². The van der Waals surface area contributed by atoms with E-state index >= 15 is 0 Å². The number of benzene rings is 2. The molecule has 1 unspecified atom stereocenters. The predicted molar refractivity (Wildman–Crippen MR) is 125 cm³/mol. The first-order chi connectivity index (χ1) is 15.0. The van der Waals surface area contributed by atoms with E-state index in [4.69, 9.17) is 4.74 Å². The van der Waals surface area contributed by atoms with Crippen LogP contribution in [0.4, 0.5) is 5.69 Å². The van der Waals surface area contributed by atoms with E-state index in [2.05, 4.69) is 5.32 Å². The highest BCUT2D eigenvalue weighted by molar-refractivity contribution is 7.92. The number of anilines is 1. The number of carbonyl (C=O) groups is 2. The third kappa shape index (κ3) is 6.23. The van der Waals surface area contributed by atoms with Crippen molar-refractivity contribution in [2.45, 2.75) is 33.4 Å². The topological polar surface area (TPSA) is 96.0 Å². The van der Waals surface area contributed by atoms with Gasteiger partial charge in [-0.2, -0.15) is 0 Å². The van der Waals surface area contributed by atoms with Crippen molar-refractivity contribution in [3.8, 4) is 5.75 Å². The van der Waals surface area contributed by atoms with E-state index in [-0.39, 0.29) is 12.5 Å². The van der Waals surface area contributed by atoms with Gasteiger partial charge in [-0.3, -0.25) is 13.9 Å². The molecule has 2 rings (SSSR count). The zero-order valence-corrected chi connectivity index (χ0v) is 20.2. The van der Waals surface area contributed by atoms with Gasteiger partial charge in [0.15, 0.2) is 0 Å². The highest BCUT2D eigenvalue weighted by atomic mass is 32.2. The number of sulfonamides is 1. The summed E-state index contributed by atoms with van der Waals surface area (Å²) >= 11 is 0. The minimum absolute atomic E-state index is 0.141. The maximum absolute atomic E-state index is 13.4. The molecule has 2 aromatic rings. The van der Waals surface area contributed by atoms with Crippen LogP contribution in [-0.4, -0.2) is 58.1 Å². The second-order valence-corrected chi connectivity index (χ2v) is 9.63. The molecule has 0 aliphatic heterocycles. The number of hydrogen-bond acceptors (Lipinski definition) is 5. The van der Waals surface area contributed by atoms with Crippen molar-refractivity contribution in [1.29, 1.82) is 0 Å². The van der Waals surface area contributed by atoms with Crippen LogP contribution in [0.2, 0.25) is 0 Å². The lowest BCUT2D eigenvalue weighted by molar-refractivity contribution is -0.139. The Morgan fingerprint density at radius 2 is 1.72 bits per heavy atom. The van der Waals surface area contributed by atoms with Gasteiger partial charge in [0, 0.05) is 13.6 Å². The Hall–Kier alpha value is -3.07. The summed E-state index contributed by atoms with van der Waals surface area (Å²) in [6, 6.07) is 11.8. The molecule has 0 radical (unpaired) electrons. The molecule has 174 valence electrons. The molecule has 0 saturated carbocycles. The summed E-state index contributed by atoms with van der Waals surface area (Å²) in [5, 5.41) is 2.55. The Balaban J connectivity index is 2.41. The van der Waals surface area contributed by atoms with Crippen LogP contribution >= 0.6 is 0 Å². The summed E-state index contributed by atoms with van der Waals surface area (Å²) in [5.41, 5.74) is 2.83. The Bertz CT molecular complexity index is 1070. The number of amides is 2. The summed E-state index contributed by atoms with van der Waals surface area (Å²) in [4.78, 5) is 27.1. The molecule has 8 nitrogen and oxygen atoms in total.